The van der Waals surface area contributed by atoms with Crippen molar-refractivity contribution in [1.29, 1.82) is 0 Å². The van der Waals surface area contributed by atoms with Crippen molar-refractivity contribution in [3.05, 3.63) is 83.9 Å². The standard InChI is InChI=1S/C29H30N4O3Si/c1-20(34)33-27-12-8-6-10-24(27)29(35)28(33)16-22-15-25(23-9-5-7-11-26(23)31-22)21-17-30-32(18-21)19-36-13-14-37(2,3)4/h5-12,15-18H,13-14,19H2,1-4H3/b28-16-. The van der Waals surface area contributed by atoms with E-state index in [0.717, 1.165) is 34.7 Å². The van der Waals surface area contributed by atoms with Gasteiger partial charge in [0.1, 0.15) is 6.73 Å². The van der Waals surface area contributed by atoms with Gasteiger partial charge in [0.15, 0.2) is 0 Å². The van der Waals surface area contributed by atoms with E-state index in [-0.39, 0.29) is 11.7 Å². The van der Waals surface area contributed by atoms with Gasteiger partial charge in [0.25, 0.3) is 0 Å². The van der Waals surface area contributed by atoms with Crippen molar-refractivity contribution in [1.82, 2.24) is 14.8 Å². The summed E-state index contributed by atoms with van der Waals surface area (Å²) >= 11 is 0. The Labute approximate surface area is 217 Å². The number of ether oxygens (including phenoxy) is 1. The number of para-hydroxylation sites is 2. The molecule has 188 valence electrons. The zero-order chi connectivity index (χ0) is 26.2. The van der Waals surface area contributed by atoms with E-state index in [9.17, 15) is 9.59 Å². The molecule has 2 aromatic heterocycles. The Morgan fingerprint density at radius 3 is 2.59 bits per heavy atom. The predicted molar refractivity (Wildman–Crippen MR) is 149 cm³/mol. The number of benzene rings is 2. The zero-order valence-electron chi connectivity index (χ0n) is 21.6. The minimum Gasteiger partial charge on any atom is -0.360 e. The quantitative estimate of drug-likeness (QED) is 0.173. The Balaban J connectivity index is 1.50. The van der Waals surface area contributed by atoms with Gasteiger partial charge in [-0.3, -0.25) is 14.5 Å². The molecule has 0 unspecified atom stereocenters. The molecule has 1 aliphatic rings. The largest absolute Gasteiger partial charge is 0.360 e. The summed E-state index contributed by atoms with van der Waals surface area (Å²) in [5.41, 5.74) is 4.68. The molecule has 1 aliphatic heterocycles. The van der Waals surface area contributed by atoms with E-state index in [1.807, 2.05) is 48.8 Å². The number of hydrogen-bond donors (Lipinski definition) is 0. The van der Waals surface area contributed by atoms with Crippen LogP contribution >= 0.6 is 0 Å². The van der Waals surface area contributed by atoms with Crippen LogP contribution in [0.1, 0.15) is 23.0 Å². The zero-order valence-corrected chi connectivity index (χ0v) is 22.6. The predicted octanol–water partition coefficient (Wildman–Crippen LogP) is 6.00. The number of hydrogen-bond acceptors (Lipinski definition) is 5. The lowest BCUT2D eigenvalue weighted by Gasteiger charge is -2.16. The molecule has 4 aromatic rings. The molecule has 3 heterocycles. The molecule has 1 amide bonds. The first-order valence-corrected chi connectivity index (χ1v) is 16.1. The highest BCUT2D eigenvalue weighted by molar-refractivity contribution is 6.76. The molecule has 0 spiro atoms. The topological polar surface area (TPSA) is 77.3 Å². The van der Waals surface area contributed by atoms with Gasteiger partial charge in [0.05, 0.1) is 28.8 Å². The second-order valence-corrected chi connectivity index (χ2v) is 16.1. The van der Waals surface area contributed by atoms with Crippen LogP contribution in [-0.2, 0) is 16.3 Å². The lowest BCUT2D eigenvalue weighted by atomic mass is 10.0. The summed E-state index contributed by atoms with van der Waals surface area (Å²) in [4.78, 5) is 32.0. The smallest absolute Gasteiger partial charge is 0.228 e. The van der Waals surface area contributed by atoms with Gasteiger partial charge >= 0.3 is 0 Å². The first-order chi connectivity index (χ1) is 17.7. The third-order valence-electron chi connectivity index (χ3n) is 6.36. The third kappa shape index (κ3) is 5.16. The molecular formula is C29H30N4O3Si. The number of carbonyl (C=O) groups is 2. The molecule has 5 rings (SSSR count). The molecule has 0 aliphatic carbocycles. The Hall–Kier alpha value is -3.88. The number of fused-ring (bicyclic) bond motifs is 2. The Bertz CT molecular complexity index is 1530. The number of carbonyl (C=O) groups excluding carboxylic acids is 2. The Morgan fingerprint density at radius 1 is 1.05 bits per heavy atom. The van der Waals surface area contributed by atoms with Crippen LogP contribution in [0.2, 0.25) is 25.7 Å². The monoisotopic (exact) mass is 510 g/mol. The minimum absolute atomic E-state index is 0.189. The van der Waals surface area contributed by atoms with Crippen LogP contribution < -0.4 is 4.90 Å². The number of aromatic nitrogens is 3. The maximum atomic E-state index is 13.2. The fourth-order valence-electron chi connectivity index (χ4n) is 4.46. The Kier molecular flexibility index (Phi) is 6.62. The van der Waals surface area contributed by atoms with Crippen molar-refractivity contribution in [3.8, 4) is 11.1 Å². The van der Waals surface area contributed by atoms with Crippen LogP contribution in [0, 0.1) is 0 Å². The van der Waals surface area contributed by atoms with E-state index in [0.29, 0.717) is 29.4 Å². The van der Waals surface area contributed by atoms with Gasteiger partial charge in [-0.15, -0.1) is 0 Å². The fraction of sp³-hybridized carbons (Fsp3) is 0.241. The summed E-state index contributed by atoms with van der Waals surface area (Å²) in [7, 11) is -1.15. The number of nitrogens with zero attached hydrogens (tertiary/aromatic N) is 4. The number of Topliss-reactive ketones (excluding diaryl/α,β-unsaturated/α-hetero) is 1. The summed E-state index contributed by atoms with van der Waals surface area (Å²) in [6.45, 7) is 9.57. The van der Waals surface area contributed by atoms with Crippen molar-refractivity contribution in [2.24, 2.45) is 0 Å². The first-order valence-electron chi connectivity index (χ1n) is 12.4. The van der Waals surface area contributed by atoms with Gasteiger partial charge in [0.2, 0.25) is 11.7 Å². The molecule has 0 bridgehead atoms. The van der Waals surface area contributed by atoms with Gasteiger partial charge in [0, 0.05) is 44.3 Å². The second kappa shape index (κ2) is 9.88. The number of amides is 1. The van der Waals surface area contributed by atoms with Crippen LogP contribution in [-0.4, -0.2) is 41.1 Å². The molecule has 37 heavy (non-hydrogen) atoms. The van der Waals surface area contributed by atoms with Crippen LogP contribution in [0.4, 0.5) is 5.69 Å². The molecule has 7 nitrogen and oxygen atoms in total. The number of anilines is 1. The van der Waals surface area contributed by atoms with E-state index in [4.69, 9.17) is 9.72 Å². The molecule has 0 atom stereocenters. The van der Waals surface area contributed by atoms with Gasteiger partial charge in [-0.05, 0) is 41.9 Å². The van der Waals surface area contributed by atoms with Crippen molar-refractivity contribution in [2.75, 3.05) is 11.5 Å². The molecular weight excluding hydrogens is 480 g/mol. The number of allylic oxidation sites excluding steroid dienone is 1. The maximum Gasteiger partial charge on any atom is 0.228 e. The first kappa shape index (κ1) is 24.8. The summed E-state index contributed by atoms with van der Waals surface area (Å²) in [6, 6.07) is 18.1. The van der Waals surface area contributed by atoms with Gasteiger partial charge in [-0.1, -0.05) is 50.0 Å². The van der Waals surface area contributed by atoms with Gasteiger partial charge in [-0.25, -0.2) is 9.67 Å². The lowest BCUT2D eigenvalue weighted by molar-refractivity contribution is -0.116. The van der Waals surface area contributed by atoms with Crippen molar-refractivity contribution in [3.63, 3.8) is 0 Å². The van der Waals surface area contributed by atoms with E-state index >= 15 is 0 Å². The molecule has 2 aromatic carbocycles. The molecule has 8 heteroatoms. The van der Waals surface area contributed by atoms with E-state index in [1.165, 1.54) is 11.8 Å². The average Bonchev–Trinajstić information content (AvgIpc) is 3.44. The number of rotatable bonds is 7. The highest BCUT2D eigenvalue weighted by atomic mass is 28.3. The molecule has 0 saturated heterocycles. The number of ketones is 1. The van der Waals surface area contributed by atoms with Crippen molar-refractivity contribution < 1.29 is 14.3 Å². The fourth-order valence-corrected chi connectivity index (χ4v) is 5.21. The van der Waals surface area contributed by atoms with Crippen LogP contribution in [0.25, 0.3) is 28.1 Å². The second-order valence-electron chi connectivity index (χ2n) is 10.5. The normalized spacial score (nSPS) is 14.5. The van der Waals surface area contributed by atoms with Gasteiger partial charge < -0.3 is 4.74 Å². The minimum atomic E-state index is -1.15. The lowest BCUT2D eigenvalue weighted by Crippen LogP contribution is -2.25. The summed E-state index contributed by atoms with van der Waals surface area (Å²) < 4.78 is 7.65. The molecule has 0 fully saturated rings. The van der Waals surface area contributed by atoms with Gasteiger partial charge in [-0.2, -0.15) is 5.10 Å². The Morgan fingerprint density at radius 2 is 1.81 bits per heavy atom. The number of pyridine rings is 1. The molecule has 0 N–H and O–H groups in total. The maximum absolute atomic E-state index is 13.2. The van der Waals surface area contributed by atoms with Crippen LogP contribution in [0.5, 0.6) is 0 Å². The highest BCUT2D eigenvalue weighted by Gasteiger charge is 2.34. The summed E-state index contributed by atoms with van der Waals surface area (Å²) in [5.74, 6) is -0.411. The van der Waals surface area contributed by atoms with E-state index < -0.39 is 8.07 Å². The highest BCUT2D eigenvalue weighted by Crippen LogP contribution is 2.36. The molecule has 0 radical (unpaired) electrons. The van der Waals surface area contributed by atoms with Crippen LogP contribution in [0.3, 0.4) is 0 Å². The summed E-state index contributed by atoms with van der Waals surface area (Å²) in [6.07, 6.45) is 5.48. The van der Waals surface area contributed by atoms with Crippen molar-refractivity contribution in [2.45, 2.75) is 39.3 Å². The van der Waals surface area contributed by atoms with E-state index in [2.05, 4.69) is 24.7 Å². The van der Waals surface area contributed by atoms with Crippen molar-refractivity contribution >= 4 is 42.4 Å². The average molecular weight is 511 g/mol. The summed E-state index contributed by atoms with van der Waals surface area (Å²) in [5, 5.41) is 5.48. The SMILES string of the molecule is CC(=O)N1/C(=C\c2cc(-c3cnn(COCC[Si](C)(C)C)c3)c3ccccc3n2)C(=O)c2ccccc21. The third-order valence-corrected chi connectivity index (χ3v) is 8.07. The molecule has 0 saturated carbocycles. The van der Waals surface area contributed by atoms with Crippen LogP contribution in [0.15, 0.2) is 72.7 Å². The van der Waals surface area contributed by atoms with E-state index in [1.54, 1.807) is 29.0 Å².